The van der Waals surface area contributed by atoms with Crippen LogP contribution in [-0.4, -0.2) is 37.6 Å². The first-order chi connectivity index (χ1) is 8.27. The van der Waals surface area contributed by atoms with Gasteiger partial charge in [0, 0.05) is 32.7 Å². The zero-order valence-electron chi connectivity index (χ0n) is 11.1. The molecule has 1 fully saturated rings. The molecule has 2 heteroatoms. The van der Waals surface area contributed by atoms with E-state index >= 15 is 0 Å². The summed E-state index contributed by atoms with van der Waals surface area (Å²) < 4.78 is 0. The van der Waals surface area contributed by atoms with Gasteiger partial charge in [0.05, 0.1) is 0 Å². The fraction of sp³-hybridized carbons (Fsp3) is 0.600. The second kappa shape index (κ2) is 6.18. The van der Waals surface area contributed by atoms with Gasteiger partial charge in [-0.2, -0.15) is 0 Å². The number of nitrogens with zero attached hydrogens (tertiary/aromatic N) is 1. The van der Waals surface area contributed by atoms with E-state index in [9.17, 15) is 0 Å². The maximum absolute atomic E-state index is 3.40. The molecule has 1 saturated heterocycles. The summed E-state index contributed by atoms with van der Waals surface area (Å²) >= 11 is 0. The van der Waals surface area contributed by atoms with Crippen molar-refractivity contribution in [1.82, 2.24) is 10.2 Å². The molecule has 0 radical (unpaired) electrons. The highest BCUT2D eigenvalue weighted by atomic mass is 15.2. The molecule has 94 valence electrons. The van der Waals surface area contributed by atoms with Crippen molar-refractivity contribution in [2.24, 2.45) is 0 Å². The number of benzene rings is 1. The highest BCUT2D eigenvalue weighted by Crippen LogP contribution is 2.19. The average Bonchev–Trinajstić information content (AvgIpc) is 2.38. The SMILES string of the molecule is CC(C)c1ccccc1CCN1CCNCC1. The van der Waals surface area contributed by atoms with Gasteiger partial charge in [0.1, 0.15) is 0 Å². The minimum absolute atomic E-state index is 0.634. The van der Waals surface area contributed by atoms with E-state index in [-0.39, 0.29) is 0 Å². The predicted octanol–water partition coefficient (Wildman–Crippen LogP) is 2.26. The number of rotatable bonds is 4. The Balaban J connectivity index is 1.93. The molecule has 0 aliphatic carbocycles. The zero-order chi connectivity index (χ0) is 12.1. The van der Waals surface area contributed by atoms with Gasteiger partial charge in [-0.3, -0.25) is 0 Å². The topological polar surface area (TPSA) is 15.3 Å². The number of hydrogen-bond donors (Lipinski definition) is 1. The lowest BCUT2D eigenvalue weighted by atomic mass is 9.95. The van der Waals surface area contributed by atoms with Crippen LogP contribution in [0, 0.1) is 0 Å². The molecule has 2 rings (SSSR count). The molecule has 1 N–H and O–H groups in total. The Kier molecular flexibility index (Phi) is 4.57. The number of piperazine rings is 1. The fourth-order valence-corrected chi connectivity index (χ4v) is 2.54. The summed E-state index contributed by atoms with van der Waals surface area (Å²) in [7, 11) is 0. The van der Waals surface area contributed by atoms with Crippen LogP contribution in [0.5, 0.6) is 0 Å². The molecule has 2 nitrogen and oxygen atoms in total. The van der Waals surface area contributed by atoms with Gasteiger partial charge in [-0.1, -0.05) is 38.1 Å². The van der Waals surface area contributed by atoms with E-state index < -0.39 is 0 Å². The Bertz CT molecular complexity index is 341. The van der Waals surface area contributed by atoms with Crippen LogP contribution >= 0.6 is 0 Å². The second-order valence-electron chi connectivity index (χ2n) is 5.20. The summed E-state index contributed by atoms with van der Waals surface area (Å²) in [6.45, 7) is 10.4. The van der Waals surface area contributed by atoms with E-state index in [0.29, 0.717) is 5.92 Å². The van der Waals surface area contributed by atoms with E-state index in [0.717, 1.165) is 13.1 Å². The van der Waals surface area contributed by atoms with Gasteiger partial charge in [0.15, 0.2) is 0 Å². The third-order valence-corrected chi connectivity index (χ3v) is 3.58. The molecule has 1 aliphatic rings. The van der Waals surface area contributed by atoms with E-state index in [4.69, 9.17) is 0 Å². The minimum atomic E-state index is 0.634. The average molecular weight is 232 g/mol. The van der Waals surface area contributed by atoms with Gasteiger partial charge in [-0.05, 0) is 23.5 Å². The molecule has 0 unspecified atom stereocenters. The van der Waals surface area contributed by atoms with Crippen molar-refractivity contribution >= 4 is 0 Å². The third-order valence-electron chi connectivity index (χ3n) is 3.58. The van der Waals surface area contributed by atoms with Crippen molar-refractivity contribution in [3.05, 3.63) is 35.4 Å². The maximum atomic E-state index is 3.40. The maximum Gasteiger partial charge on any atom is 0.0108 e. The molecule has 0 saturated carbocycles. The first-order valence-electron chi connectivity index (χ1n) is 6.78. The van der Waals surface area contributed by atoms with Gasteiger partial charge < -0.3 is 10.2 Å². The van der Waals surface area contributed by atoms with Crippen molar-refractivity contribution in [3.63, 3.8) is 0 Å². The molecule has 17 heavy (non-hydrogen) atoms. The molecular formula is C15H24N2. The van der Waals surface area contributed by atoms with Crippen LogP contribution < -0.4 is 5.32 Å². The van der Waals surface area contributed by atoms with Crippen LogP contribution in [0.2, 0.25) is 0 Å². The normalized spacial score (nSPS) is 17.6. The molecule has 1 aliphatic heterocycles. The largest absolute Gasteiger partial charge is 0.314 e. The summed E-state index contributed by atoms with van der Waals surface area (Å²) in [5.41, 5.74) is 3.05. The highest BCUT2D eigenvalue weighted by Gasteiger charge is 2.11. The van der Waals surface area contributed by atoms with Crippen LogP contribution in [0.25, 0.3) is 0 Å². The summed E-state index contributed by atoms with van der Waals surface area (Å²) in [6, 6.07) is 8.89. The van der Waals surface area contributed by atoms with E-state index in [2.05, 4.69) is 48.3 Å². The van der Waals surface area contributed by atoms with Gasteiger partial charge in [-0.25, -0.2) is 0 Å². The van der Waals surface area contributed by atoms with Crippen molar-refractivity contribution < 1.29 is 0 Å². The molecule has 1 aromatic rings. The Morgan fingerprint density at radius 3 is 2.59 bits per heavy atom. The lowest BCUT2D eigenvalue weighted by molar-refractivity contribution is 0.243. The zero-order valence-corrected chi connectivity index (χ0v) is 11.1. The fourth-order valence-electron chi connectivity index (χ4n) is 2.54. The van der Waals surface area contributed by atoms with Crippen molar-refractivity contribution in [1.29, 1.82) is 0 Å². The quantitative estimate of drug-likeness (QED) is 0.856. The van der Waals surface area contributed by atoms with Gasteiger partial charge >= 0.3 is 0 Å². The Morgan fingerprint density at radius 2 is 1.88 bits per heavy atom. The molecule has 0 atom stereocenters. The van der Waals surface area contributed by atoms with Crippen molar-refractivity contribution in [2.75, 3.05) is 32.7 Å². The number of nitrogens with one attached hydrogen (secondary N) is 1. The van der Waals surface area contributed by atoms with Crippen LogP contribution in [0.4, 0.5) is 0 Å². The van der Waals surface area contributed by atoms with Gasteiger partial charge in [0.2, 0.25) is 0 Å². The van der Waals surface area contributed by atoms with Gasteiger partial charge in [0.25, 0.3) is 0 Å². The Labute approximate surface area is 105 Å². The highest BCUT2D eigenvalue weighted by molar-refractivity contribution is 5.29. The summed E-state index contributed by atoms with van der Waals surface area (Å²) in [4.78, 5) is 2.56. The molecule has 0 aromatic heterocycles. The summed E-state index contributed by atoms with van der Waals surface area (Å²) in [5.74, 6) is 0.634. The van der Waals surface area contributed by atoms with Gasteiger partial charge in [-0.15, -0.1) is 0 Å². The van der Waals surface area contributed by atoms with Crippen molar-refractivity contribution in [2.45, 2.75) is 26.2 Å². The predicted molar refractivity (Wildman–Crippen MR) is 73.5 cm³/mol. The minimum Gasteiger partial charge on any atom is -0.314 e. The van der Waals surface area contributed by atoms with E-state index in [1.807, 2.05) is 0 Å². The Hall–Kier alpha value is -0.860. The first kappa shape index (κ1) is 12.6. The summed E-state index contributed by atoms with van der Waals surface area (Å²) in [5, 5.41) is 3.40. The molecule has 1 aromatic carbocycles. The molecule has 0 bridgehead atoms. The third kappa shape index (κ3) is 3.55. The van der Waals surface area contributed by atoms with Crippen LogP contribution in [0.15, 0.2) is 24.3 Å². The monoisotopic (exact) mass is 232 g/mol. The van der Waals surface area contributed by atoms with E-state index in [1.54, 1.807) is 0 Å². The first-order valence-corrected chi connectivity index (χ1v) is 6.78. The van der Waals surface area contributed by atoms with Crippen molar-refractivity contribution in [3.8, 4) is 0 Å². The second-order valence-corrected chi connectivity index (χ2v) is 5.20. The standard InChI is InChI=1S/C15H24N2/c1-13(2)15-6-4-3-5-14(15)7-10-17-11-8-16-9-12-17/h3-6,13,16H,7-12H2,1-2H3. The lowest BCUT2D eigenvalue weighted by Gasteiger charge is -2.27. The smallest absolute Gasteiger partial charge is 0.0108 e. The van der Waals surface area contributed by atoms with E-state index in [1.165, 1.54) is 37.2 Å². The van der Waals surface area contributed by atoms with Crippen LogP contribution in [-0.2, 0) is 6.42 Å². The lowest BCUT2D eigenvalue weighted by Crippen LogP contribution is -2.44. The number of hydrogen-bond acceptors (Lipinski definition) is 2. The van der Waals surface area contributed by atoms with Crippen LogP contribution in [0.3, 0.4) is 0 Å². The van der Waals surface area contributed by atoms with Crippen LogP contribution in [0.1, 0.15) is 30.9 Å². The molecule has 1 heterocycles. The molecule has 0 amide bonds. The Morgan fingerprint density at radius 1 is 1.18 bits per heavy atom. The molecule has 0 spiro atoms. The summed E-state index contributed by atoms with van der Waals surface area (Å²) in [6.07, 6.45) is 1.19. The molecular weight excluding hydrogens is 208 g/mol.